The van der Waals surface area contributed by atoms with E-state index in [1.54, 1.807) is 18.3 Å². The van der Waals surface area contributed by atoms with Crippen molar-refractivity contribution in [2.75, 3.05) is 19.3 Å². The van der Waals surface area contributed by atoms with Crippen molar-refractivity contribution in [1.82, 2.24) is 24.6 Å². The second-order valence-corrected chi connectivity index (χ2v) is 5.94. The highest BCUT2D eigenvalue weighted by Crippen LogP contribution is 2.35. The Morgan fingerprint density at radius 2 is 1.92 bits per heavy atom. The van der Waals surface area contributed by atoms with Crippen molar-refractivity contribution in [2.24, 2.45) is 0 Å². The summed E-state index contributed by atoms with van der Waals surface area (Å²) in [6.07, 6.45) is 1.64. The standard InChI is InChI=1S/C17H17FN6/c1-23-8-9-24-14(10-23)15(13-6-7-20-17(19)21-13)16(22-24)11-2-4-12(18)5-3-11/h2-7H,8-10H2,1H3,(H2,19,20,21). The largest absolute Gasteiger partial charge is 0.368 e. The Bertz CT molecular complexity index is 887. The van der Waals surface area contributed by atoms with Gasteiger partial charge < -0.3 is 5.73 Å². The molecule has 1 aliphatic rings. The van der Waals surface area contributed by atoms with Crippen LogP contribution >= 0.6 is 0 Å². The number of nitrogens with zero attached hydrogens (tertiary/aromatic N) is 5. The third-order valence-electron chi connectivity index (χ3n) is 4.22. The molecule has 2 N–H and O–H groups in total. The maximum absolute atomic E-state index is 13.3. The highest BCUT2D eigenvalue weighted by molar-refractivity contribution is 5.81. The van der Waals surface area contributed by atoms with E-state index in [1.807, 2.05) is 10.7 Å². The fraction of sp³-hybridized carbons (Fsp3) is 0.235. The van der Waals surface area contributed by atoms with Crippen LogP contribution in [0.4, 0.5) is 10.3 Å². The maximum atomic E-state index is 13.3. The predicted molar refractivity (Wildman–Crippen MR) is 89.4 cm³/mol. The number of aromatic nitrogens is 4. The molecule has 3 heterocycles. The molecule has 7 heteroatoms. The van der Waals surface area contributed by atoms with Crippen molar-refractivity contribution in [3.05, 3.63) is 48.0 Å². The minimum atomic E-state index is -0.268. The van der Waals surface area contributed by atoms with Crippen LogP contribution in [0.25, 0.3) is 22.5 Å². The van der Waals surface area contributed by atoms with Crippen molar-refractivity contribution < 1.29 is 4.39 Å². The van der Waals surface area contributed by atoms with Gasteiger partial charge in [-0.25, -0.2) is 14.4 Å². The number of nitrogen functional groups attached to an aromatic ring is 1. The normalized spacial score (nSPS) is 14.6. The van der Waals surface area contributed by atoms with Crippen LogP contribution < -0.4 is 5.73 Å². The molecule has 2 aromatic heterocycles. The van der Waals surface area contributed by atoms with E-state index in [1.165, 1.54) is 12.1 Å². The highest BCUT2D eigenvalue weighted by atomic mass is 19.1. The van der Waals surface area contributed by atoms with Gasteiger partial charge in [-0.05, 0) is 37.4 Å². The Kier molecular flexibility index (Phi) is 3.50. The number of fused-ring (bicyclic) bond motifs is 1. The molecule has 6 nitrogen and oxygen atoms in total. The first-order valence-electron chi connectivity index (χ1n) is 7.75. The maximum Gasteiger partial charge on any atom is 0.220 e. The number of halogens is 1. The summed E-state index contributed by atoms with van der Waals surface area (Å²) < 4.78 is 15.3. The van der Waals surface area contributed by atoms with E-state index >= 15 is 0 Å². The predicted octanol–water partition coefficient (Wildman–Crippen LogP) is 2.17. The topological polar surface area (TPSA) is 72.9 Å². The van der Waals surface area contributed by atoms with Gasteiger partial charge in [0.1, 0.15) is 11.5 Å². The van der Waals surface area contributed by atoms with Crippen LogP contribution in [0.15, 0.2) is 36.5 Å². The number of nitrogens with two attached hydrogens (primary N) is 1. The molecular formula is C17H17FN6. The zero-order chi connectivity index (χ0) is 16.7. The van der Waals surface area contributed by atoms with Gasteiger partial charge in [0.05, 0.1) is 23.5 Å². The van der Waals surface area contributed by atoms with Gasteiger partial charge in [0.15, 0.2) is 0 Å². The lowest BCUT2D eigenvalue weighted by Crippen LogP contribution is -2.30. The van der Waals surface area contributed by atoms with E-state index in [4.69, 9.17) is 10.8 Å². The fourth-order valence-corrected chi connectivity index (χ4v) is 3.03. The van der Waals surface area contributed by atoms with Crippen molar-refractivity contribution in [3.8, 4) is 22.5 Å². The SMILES string of the molecule is CN1CCn2nc(-c3ccc(F)cc3)c(-c3ccnc(N)n3)c2C1. The molecule has 122 valence electrons. The molecule has 0 amide bonds. The third-order valence-corrected chi connectivity index (χ3v) is 4.22. The Hall–Kier alpha value is -2.80. The molecule has 0 atom stereocenters. The summed E-state index contributed by atoms with van der Waals surface area (Å²) in [7, 11) is 2.08. The smallest absolute Gasteiger partial charge is 0.220 e. The first kappa shape index (κ1) is 14.8. The number of hydrogen-bond donors (Lipinski definition) is 1. The van der Waals surface area contributed by atoms with Gasteiger partial charge in [-0.2, -0.15) is 5.10 Å². The van der Waals surface area contributed by atoms with Crippen molar-refractivity contribution in [1.29, 1.82) is 0 Å². The molecule has 0 bridgehead atoms. The summed E-state index contributed by atoms with van der Waals surface area (Å²) in [5.74, 6) is -0.0445. The number of rotatable bonds is 2. The lowest BCUT2D eigenvalue weighted by Gasteiger charge is -2.24. The van der Waals surface area contributed by atoms with Gasteiger partial charge in [0.25, 0.3) is 0 Å². The molecule has 0 saturated heterocycles. The van der Waals surface area contributed by atoms with Crippen molar-refractivity contribution in [2.45, 2.75) is 13.1 Å². The molecular weight excluding hydrogens is 307 g/mol. The minimum absolute atomic E-state index is 0.224. The van der Waals surface area contributed by atoms with Crippen LogP contribution in [-0.4, -0.2) is 38.2 Å². The average Bonchev–Trinajstić information content (AvgIpc) is 2.94. The van der Waals surface area contributed by atoms with Crippen LogP contribution in [0.1, 0.15) is 5.69 Å². The summed E-state index contributed by atoms with van der Waals surface area (Å²) in [5, 5.41) is 4.76. The van der Waals surface area contributed by atoms with Crippen molar-refractivity contribution in [3.63, 3.8) is 0 Å². The molecule has 3 aromatic rings. The Morgan fingerprint density at radius 1 is 1.12 bits per heavy atom. The minimum Gasteiger partial charge on any atom is -0.368 e. The molecule has 1 aromatic carbocycles. The fourth-order valence-electron chi connectivity index (χ4n) is 3.03. The first-order chi connectivity index (χ1) is 11.6. The van der Waals surface area contributed by atoms with Gasteiger partial charge in [-0.3, -0.25) is 9.58 Å². The van der Waals surface area contributed by atoms with Gasteiger partial charge in [0.2, 0.25) is 5.95 Å². The Labute approximate surface area is 138 Å². The zero-order valence-electron chi connectivity index (χ0n) is 13.3. The molecule has 0 fully saturated rings. The number of benzene rings is 1. The summed E-state index contributed by atoms with van der Waals surface area (Å²) >= 11 is 0. The van der Waals surface area contributed by atoms with Crippen LogP contribution in [0.2, 0.25) is 0 Å². The molecule has 0 unspecified atom stereocenters. The molecule has 24 heavy (non-hydrogen) atoms. The van der Waals surface area contributed by atoms with Gasteiger partial charge in [-0.1, -0.05) is 0 Å². The van der Waals surface area contributed by atoms with Crippen LogP contribution in [0.3, 0.4) is 0 Å². The van der Waals surface area contributed by atoms with E-state index in [9.17, 15) is 4.39 Å². The number of hydrogen-bond acceptors (Lipinski definition) is 5. The van der Waals surface area contributed by atoms with Gasteiger partial charge in [0, 0.05) is 24.8 Å². The van der Waals surface area contributed by atoms with Gasteiger partial charge in [-0.15, -0.1) is 0 Å². The van der Waals surface area contributed by atoms with E-state index in [-0.39, 0.29) is 11.8 Å². The van der Waals surface area contributed by atoms with Gasteiger partial charge >= 0.3 is 0 Å². The highest BCUT2D eigenvalue weighted by Gasteiger charge is 2.25. The number of anilines is 1. The van der Waals surface area contributed by atoms with Crippen LogP contribution in [-0.2, 0) is 13.1 Å². The van der Waals surface area contributed by atoms with E-state index in [0.29, 0.717) is 0 Å². The second kappa shape index (κ2) is 5.68. The molecule has 1 aliphatic heterocycles. The zero-order valence-corrected chi connectivity index (χ0v) is 13.3. The number of likely N-dealkylation sites (N-methyl/N-ethyl adjacent to an activating group) is 1. The van der Waals surface area contributed by atoms with E-state index in [2.05, 4.69) is 21.9 Å². The summed E-state index contributed by atoms with van der Waals surface area (Å²) in [6, 6.07) is 8.19. The van der Waals surface area contributed by atoms with Crippen molar-refractivity contribution >= 4 is 5.95 Å². The first-order valence-corrected chi connectivity index (χ1v) is 7.75. The molecule has 0 radical (unpaired) electrons. The van der Waals surface area contributed by atoms with E-state index in [0.717, 1.165) is 47.8 Å². The second-order valence-electron chi connectivity index (χ2n) is 5.94. The lowest BCUT2D eigenvalue weighted by atomic mass is 10.0. The quantitative estimate of drug-likeness (QED) is 0.782. The molecule has 4 rings (SSSR count). The molecule has 0 saturated carbocycles. The van der Waals surface area contributed by atoms with Crippen LogP contribution in [0.5, 0.6) is 0 Å². The molecule has 0 aliphatic carbocycles. The van der Waals surface area contributed by atoms with E-state index < -0.39 is 0 Å². The Morgan fingerprint density at radius 3 is 2.67 bits per heavy atom. The van der Waals surface area contributed by atoms with Crippen LogP contribution in [0, 0.1) is 5.82 Å². The third kappa shape index (κ3) is 2.52. The summed E-state index contributed by atoms with van der Waals surface area (Å²) in [4.78, 5) is 10.6. The average molecular weight is 324 g/mol. The molecule has 0 spiro atoms. The Balaban J connectivity index is 1.94. The summed E-state index contributed by atoms with van der Waals surface area (Å²) in [5.41, 5.74) is 10.2. The lowest BCUT2D eigenvalue weighted by molar-refractivity contribution is 0.259. The summed E-state index contributed by atoms with van der Waals surface area (Å²) in [6.45, 7) is 2.51. The monoisotopic (exact) mass is 324 g/mol.